The third-order valence-electron chi connectivity index (χ3n) is 3.62. The molecule has 1 aromatic heterocycles. The highest BCUT2D eigenvalue weighted by Crippen LogP contribution is 2.34. The molecule has 1 unspecified atom stereocenters. The van der Waals surface area contributed by atoms with E-state index in [-0.39, 0.29) is 16.9 Å². The van der Waals surface area contributed by atoms with Crippen molar-refractivity contribution in [2.45, 2.75) is 53.0 Å². The highest BCUT2D eigenvalue weighted by Gasteiger charge is 2.28. The lowest BCUT2D eigenvalue weighted by molar-refractivity contribution is 0.303. The normalized spacial score (nSPS) is 14.2. The predicted molar refractivity (Wildman–Crippen MR) is 84.8 cm³/mol. The van der Waals surface area contributed by atoms with Crippen LogP contribution in [0.1, 0.15) is 59.0 Å². The molecular weight excluding hydrogens is 262 g/mol. The molecule has 0 radical (unpaired) electrons. The number of hydrogen-bond acceptors (Lipinski definition) is 4. The van der Waals surface area contributed by atoms with Crippen molar-refractivity contribution in [3.05, 3.63) is 35.7 Å². The van der Waals surface area contributed by atoms with E-state index in [0.29, 0.717) is 11.7 Å². The molecule has 2 rings (SSSR count). The van der Waals surface area contributed by atoms with Crippen LogP contribution >= 0.6 is 0 Å². The van der Waals surface area contributed by atoms with Gasteiger partial charge in [0.05, 0.1) is 6.04 Å². The van der Waals surface area contributed by atoms with Crippen molar-refractivity contribution >= 4 is 0 Å². The van der Waals surface area contributed by atoms with Crippen molar-refractivity contribution in [3.63, 3.8) is 0 Å². The standard InChI is InChI=1S/C17H25N3O/c1-16(2,3)12-10-8-7-9-11(12)15-19-14(20-21-15)13(18)17(4,5)6/h7-10,13H,18H2,1-6H3. The van der Waals surface area contributed by atoms with Crippen molar-refractivity contribution in [1.82, 2.24) is 10.1 Å². The number of nitrogens with two attached hydrogens (primary N) is 1. The maximum atomic E-state index is 6.20. The predicted octanol–water partition coefficient (Wildman–Crippen LogP) is 4.08. The van der Waals surface area contributed by atoms with E-state index >= 15 is 0 Å². The van der Waals surface area contributed by atoms with Gasteiger partial charge < -0.3 is 10.3 Å². The van der Waals surface area contributed by atoms with Gasteiger partial charge in [-0.1, -0.05) is 64.9 Å². The molecule has 2 aromatic rings. The van der Waals surface area contributed by atoms with Crippen LogP contribution in [-0.4, -0.2) is 10.1 Å². The van der Waals surface area contributed by atoms with E-state index in [2.05, 4.69) is 57.7 Å². The van der Waals surface area contributed by atoms with Gasteiger partial charge in [0.15, 0.2) is 5.82 Å². The smallest absolute Gasteiger partial charge is 0.258 e. The first-order chi connectivity index (χ1) is 9.60. The van der Waals surface area contributed by atoms with E-state index in [9.17, 15) is 0 Å². The summed E-state index contributed by atoms with van der Waals surface area (Å²) < 4.78 is 5.46. The molecule has 0 spiro atoms. The number of rotatable bonds is 2. The summed E-state index contributed by atoms with van der Waals surface area (Å²) in [4.78, 5) is 4.52. The van der Waals surface area contributed by atoms with Crippen LogP contribution in [0.5, 0.6) is 0 Å². The third-order valence-corrected chi connectivity index (χ3v) is 3.62. The van der Waals surface area contributed by atoms with E-state index < -0.39 is 0 Å². The van der Waals surface area contributed by atoms with Gasteiger partial charge in [-0.2, -0.15) is 4.98 Å². The van der Waals surface area contributed by atoms with Crippen molar-refractivity contribution in [3.8, 4) is 11.5 Å². The minimum absolute atomic E-state index is 0.0113. The van der Waals surface area contributed by atoms with Gasteiger partial charge in [-0.15, -0.1) is 0 Å². The minimum Gasteiger partial charge on any atom is -0.334 e. The Morgan fingerprint density at radius 1 is 1.05 bits per heavy atom. The summed E-state index contributed by atoms with van der Waals surface area (Å²) in [5.74, 6) is 1.09. The highest BCUT2D eigenvalue weighted by atomic mass is 16.5. The molecular formula is C17H25N3O. The molecule has 1 atom stereocenters. The lowest BCUT2D eigenvalue weighted by Crippen LogP contribution is -2.27. The van der Waals surface area contributed by atoms with Crippen molar-refractivity contribution in [2.24, 2.45) is 11.1 Å². The van der Waals surface area contributed by atoms with E-state index in [1.54, 1.807) is 0 Å². The summed E-state index contributed by atoms with van der Waals surface area (Å²) in [6.07, 6.45) is 0. The van der Waals surface area contributed by atoms with E-state index in [1.807, 2.05) is 18.2 Å². The number of hydrogen-bond donors (Lipinski definition) is 1. The van der Waals surface area contributed by atoms with Crippen LogP contribution in [0.15, 0.2) is 28.8 Å². The lowest BCUT2D eigenvalue weighted by atomic mass is 9.83. The van der Waals surface area contributed by atoms with Gasteiger partial charge >= 0.3 is 0 Å². The fourth-order valence-corrected chi connectivity index (χ4v) is 2.18. The Morgan fingerprint density at radius 2 is 1.67 bits per heavy atom. The zero-order valence-electron chi connectivity index (χ0n) is 13.8. The van der Waals surface area contributed by atoms with Gasteiger partial charge in [0.1, 0.15) is 0 Å². The van der Waals surface area contributed by atoms with E-state index in [0.717, 1.165) is 5.56 Å². The monoisotopic (exact) mass is 287 g/mol. The summed E-state index contributed by atoms with van der Waals surface area (Å²) in [5.41, 5.74) is 8.27. The molecule has 0 bridgehead atoms. The van der Waals surface area contributed by atoms with Crippen LogP contribution in [0.3, 0.4) is 0 Å². The zero-order chi connectivity index (χ0) is 15.8. The first-order valence-electron chi connectivity index (χ1n) is 7.30. The average molecular weight is 287 g/mol. The Kier molecular flexibility index (Phi) is 3.93. The Hall–Kier alpha value is -1.68. The first-order valence-corrected chi connectivity index (χ1v) is 7.30. The number of benzene rings is 1. The number of aromatic nitrogens is 2. The molecule has 4 nitrogen and oxygen atoms in total. The van der Waals surface area contributed by atoms with Crippen molar-refractivity contribution in [2.75, 3.05) is 0 Å². The van der Waals surface area contributed by atoms with Crippen molar-refractivity contribution < 1.29 is 4.52 Å². The molecule has 0 aliphatic rings. The van der Waals surface area contributed by atoms with Gasteiger partial charge in [-0.05, 0) is 22.5 Å². The van der Waals surface area contributed by atoms with Crippen LogP contribution in [-0.2, 0) is 5.41 Å². The Labute approximate surface area is 126 Å². The fraction of sp³-hybridized carbons (Fsp3) is 0.529. The molecule has 0 aliphatic heterocycles. The van der Waals surface area contributed by atoms with Crippen LogP contribution in [0.4, 0.5) is 0 Å². The third kappa shape index (κ3) is 3.32. The molecule has 114 valence electrons. The molecule has 0 saturated heterocycles. The lowest BCUT2D eigenvalue weighted by Gasteiger charge is -2.23. The molecule has 0 saturated carbocycles. The molecule has 2 N–H and O–H groups in total. The minimum atomic E-state index is -0.253. The summed E-state index contributed by atoms with van der Waals surface area (Å²) in [5, 5.41) is 4.07. The van der Waals surface area contributed by atoms with E-state index in [1.165, 1.54) is 5.56 Å². The Morgan fingerprint density at radius 3 is 2.24 bits per heavy atom. The molecule has 0 amide bonds. The molecule has 4 heteroatoms. The van der Waals surface area contributed by atoms with Crippen LogP contribution in [0, 0.1) is 5.41 Å². The molecule has 0 fully saturated rings. The summed E-state index contributed by atoms with van der Waals surface area (Å²) in [7, 11) is 0. The van der Waals surface area contributed by atoms with Gasteiger partial charge in [0, 0.05) is 5.56 Å². The van der Waals surface area contributed by atoms with Gasteiger partial charge in [0.25, 0.3) is 5.89 Å². The quantitative estimate of drug-likeness (QED) is 0.903. The Bertz CT molecular complexity index is 617. The molecule has 0 aliphatic carbocycles. The highest BCUT2D eigenvalue weighted by molar-refractivity contribution is 5.60. The van der Waals surface area contributed by atoms with Gasteiger partial charge in [-0.25, -0.2) is 0 Å². The number of nitrogens with zero attached hydrogens (tertiary/aromatic N) is 2. The summed E-state index contributed by atoms with van der Waals surface area (Å²) in [6.45, 7) is 12.7. The largest absolute Gasteiger partial charge is 0.334 e. The van der Waals surface area contributed by atoms with Crippen LogP contribution in [0.25, 0.3) is 11.5 Å². The topological polar surface area (TPSA) is 64.9 Å². The second kappa shape index (κ2) is 5.26. The van der Waals surface area contributed by atoms with Gasteiger partial charge in [0.2, 0.25) is 0 Å². The average Bonchev–Trinajstić information content (AvgIpc) is 2.85. The van der Waals surface area contributed by atoms with E-state index in [4.69, 9.17) is 10.3 Å². The second-order valence-electron chi connectivity index (χ2n) is 7.60. The summed E-state index contributed by atoms with van der Waals surface area (Å²) in [6, 6.07) is 7.88. The van der Waals surface area contributed by atoms with Crippen molar-refractivity contribution in [1.29, 1.82) is 0 Å². The van der Waals surface area contributed by atoms with Crippen LogP contribution in [0.2, 0.25) is 0 Å². The SMILES string of the molecule is CC(C)(C)c1ccccc1-c1nc(C(N)C(C)(C)C)no1. The maximum Gasteiger partial charge on any atom is 0.258 e. The maximum absolute atomic E-state index is 6.20. The first kappa shape index (κ1) is 15.7. The molecule has 21 heavy (non-hydrogen) atoms. The molecule has 1 aromatic carbocycles. The van der Waals surface area contributed by atoms with Crippen LogP contribution < -0.4 is 5.73 Å². The Balaban J connectivity index is 2.44. The molecule has 1 heterocycles. The fourth-order valence-electron chi connectivity index (χ4n) is 2.18. The van der Waals surface area contributed by atoms with Gasteiger partial charge in [-0.3, -0.25) is 0 Å². The second-order valence-corrected chi connectivity index (χ2v) is 7.60. The summed E-state index contributed by atoms with van der Waals surface area (Å²) >= 11 is 0. The zero-order valence-corrected chi connectivity index (χ0v) is 13.8.